The van der Waals surface area contributed by atoms with Crippen molar-refractivity contribution in [1.29, 1.82) is 0 Å². The summed E-state index contributed by atoms with van der Waals surface area (Å²) < 4.78 is 0. The van der Waals surface area contributed by atoms with Crippen LogP contribution in [0.5, 0.6) is 0 Å². The maximum absolute atomic E-state index is 11.9. The summed E-state index contributed by atoms with van der Waals surface area (Å²) >= 11 is 0. The lowest BCUT2D eigenvalue weighted by Crippen LogP contribution is -2.41. The van der Waals surface area contributed by atoms with Crippen LogP contribution in [0.4, 0.5) is 0 Å². The predicted octanol–water partition coefficient (Wildman–Crippen LogP) is 0.524. The third kappa shape index (κ3) is 3.94. The molecule has 1 rings (SSSR count). The molecule has 0 aromatic heterocycles. The highest BCUT2D eigenvalue weighted by Crippen LogP contribution is 2.09. The second-order valence-electron chi connectivity index (χ2n) is 4.39. The average Bonchev–Trinajstić information content (AvgIpc) is 2.70. The second kappa shape index (κ2) is 6.66. The summed E-state index contributed by atoms with van der Waals surface area (Å²) in [5, 5.41) is 12.4. The average molecular weight is 226 g/mol. The van der Waals surface area contributed by atoms with Crippen molar-refractivity contribution in [3.05, 3.63) is 12.7 Å². The van der Waals surface area contributed by atoms with Gasteiger partial charge in [-0.15, -0.1) is 6.58 Å². The van der Waals surface area contributed by atoms with E-state index in [0.717, 1.165) is 25.8 Å². The number of rotatable bonds is 6. The first-order valence-electron chi connectivity index (χ1n) is 5.92. The molecule has 1 amide bonds. The largest absolute Gasteiger partial charge is 0.392 e. The number of aliphatic hydroxyl groups is 1. The van der Waals surface area contributed by atoms with Gasteiger partial charge in [0.2, 0.25) is 5.91 Å². The molecule has 92 valence electrons. The molecule has 4 nitrogen and oxygen atoms in total. The van der Waals surface area contributed by atoms with Crippen LogP contribution in [0.25, 0.3) is 0 Å². The first-order valence-corrected chi connectivity index (χ1v) is 5.92. The third-order valence-electron chi connectivity index (χ3n) is 2.93. The van der Waals surface area contributed by atoms with Crippen LogP contribution < -0.4 is 5.32 Å². The molecular formula is C12H22N2O2. The number of hydrogen-bond donors (Lipinski definition) is 2. The summed E-state index contributed by atoms with van der Waals surface area (Å²) in [5.74, 6) is 0.0927. The van der Waals surface area contributed by atoms with E-state index in [9.17, 15) is 9.90 Å². The zero-order valence-corrected chi connectivity index (χ0v) is 9.98. The van der Waals surface area contributed by atoms with Crippen molar-refractivity contribution in [2.45, 2.75) is 37.8 Å². The van der Waals surface area contributed by atoms with E-state index in [4.69, 9.17) is 0 Å². The highest BCUT2D eigenvalue weighted by Gasteiger charge is 2.29. The van der Waals surface area contributed by atoms with Gasteiger partial charge in [0.05, 0.1) is 12.1 Å². The fourth-order valence-corrected chi connectivity index (χ4v) is 1.92. The van der Waals surface area contributed by atoms with Gasteiger partial charge in [-0.25, -0.2) is 0 Å². The molecule has 1 aliphatic heterocycles. The number of carbonyl (C=O) groups is 1. The standard InChI is InChI=1S/C12H22N2O2/c1-3-4-5-6-7-14(2)12(16)11-8-10(15)9-13-11/h3,10-11,13,15H,1,4-9H2,2H3/t10-,11?/m1/s1. The molecule has 1 unspecified atom stereocenters. The first-order chi connectivity index (χ1) is 7.65. The quantitative estimate of drug-likeness (QED) is 0.513. The summed E-state index contributed by atoms with van der Waals surface area (Å²) in [4.78, 5) is 13.6. The molecule has 2 atom stereocenters. The lowest BCUT2D eigenvalue weighted by molar-refractivity contribution is -0.132. The van der Waals surface area contributed by atoms with Crippen LogP contribution in [0.3, 0.4) is 0 Å². The van der Waals surface area contributed by atoms with Gasteiger partial charge in [-0.3, -0.25) is 4.79 Å². The summed E-state index contributed by atoms with van der Waals surface area (Å²) in [6, 6.07) is -0.195. The van der Waals surface area contributed by atoms with Crippen molar-refractivity contribution < 1.29 is 9.90 Å². The number of aliphatic hydroxyl groups excluding tert-OH is 1. The summed E-state index contributed by atoms with van der Waals surface area (Å²) in [5.41, 5.74) is 0. The maximum atomic E-state index is 11.9. The fourth-order valence-electron chi connectivity index (χ4n) is 1.92. The van der Waals surface area contributed by atoms with Crippen LogP contribution >= 0.6 is 0 Å². The molecule has 0 aromatic rings. The molecular weight excluding hydrogens is 204 g/mol. The molecule has 2 N–H and O–H groups in total. The van der Waals surface area contributed by atoms with Gasteiger partial charge in [-0.05, 0) is 25.7 Å². The minimum Gasteiger partial charge on any atom is -0.392 e. The highest BCUT2D eigenvalue weighted by molar-refractivity contribution is 5.82. The molecule has 0 saturated carbocycles. The lowest BCUT2D eigenvalue weighted by atomic mass is 10.1. The van der Waals surface area contributed by atoms with Crippen LogP contribution in [-0.2, 0) is 4.79 Å². The Labute approximate surface area is 97.3 Å². The number of nitrogens with zero attached hydrogens (tertiary/aromatic N) is 1. The monoisotopic (exact) mass is 226 g/mol. The Hall–Kier alpha value is -0.870. The van der Waals surface area contributed by atoms with E-state index in [-0.39, 0.29) is 18.1 Å². The van der Waals surface area contributed by atoms with E-state index in [1.54, 1.807) is 4.90 Å². The van der Waals surface area contributed by atoms with Crippen LogP contribution in [0.2, 0.25) is 0 Å². The lowest BCUT2D eigenvalue weighted by Gasteiger charge is -2.20. The fraction of sp³-hybridized carbons (Fsp3) is 0.750. The van der Waals surface area contributed by atoms with Crippen LogP contribution in [0.15, 0.2) is 12.7 Å². The molecule has 16 heavy (non-hydrogen) atoms. The van der Waals surface area contributed by atoms with Crippen molar-refractivity contribution in [3.63, 3.8) is 0 Å². The number of unbranched alkanes of at least 4 members (excludes halogenated alkanes) is 2. The molecule has 0 aliphatic carbocycles. The summed E-state index contributed by atoms with van der Waals surface area (Å²) in [6.07, 6.45) is 5.14. The minimum absolute atomic E-state index is 0.0927. The molecule has 0 bridgehead atoms. The van der Waals surface area contributed by atoms with E-state index in [0.29, 0.717) is 13.0 Å². The molecule has 0 spiro atoms. The zero-order chi connectivity index (χ0) is 12.0. The zero-order valence-electron chi connectivity index (χ0n) is 9.98. The topological polar surface area (TPSA) is 52.6 Å². The molecule has 4 heteroatoms. The van der Waals surface area contributed by atoms with Crippen LogP contribution in [0, 0.1) is 0 Å². The van der Waals surface area contributed by atoms with E-state index in [1.165, 1.54) is 0 Å². The Balaban J connectivity index is 2.22. The first kappa shape index (κ1) is 13.2. The summed E-state index contributed by atoms with van der Waals surface area (Å²) in [7, 11) is 1.82. The number of hydrogen-bond acceptors (Lipinski definition) is 3. The number of carbonyl (C=O) groups excluding carboxylic acids is 1. The van der Waals surface area contributed by atoms with Crippen molar-refractivity contribution >= 4 is 5.91 Å². The Morgan fingerprint density at radius 3 is 2.94 bits per heavy atom. The maximum Gasteiger partial charge on any atom is 0.239 e. The second-order valence-corrected chi connectivity index (χ2v) is 4.39. The molecule has 0 radical (unpaired) electrons. The Bertz CT molecular complexity index is 243. The van der Waals surface area contributed by atoms with E-state index in [2.05, 4.69) is 11.9 Å². The Morgan fingerprint density at radius 2 is 2.38 bits per heavy atom. The summed E-state index contributed by atoms with van der Waals surface area (Å²) in [6.45, 7) is 4.97. The minimum atomic E-state index is -0.372. The Morgan fingerprint density at radius 1 is 1.62 bits per heavy atom. The van der Waals surface area contributed by atoms with Gasteiger partial charge in [0.25, 0.3) is 0 Å². The van der Waals surface area contributed by atoms with E-state index >= 15 is 0 Å². The van der Waals surface area contributed by atoms with E-state index in [1.807, 2.05) is 13.1 Å². The number of likely N-dealkylation sites (N-methyl/N-ethyl adjacent to an activating group) is 1. The number of amides is 1. The Kier molecular flexibility index (Phi) is 5.49. The highest BCUT2D eigenvalue weighted by atomic mass is 16.3. The van der Waals surface area contributed by atoms with Gasteiger partial charge < -0.3 is 15.3 Å². The number of allylic oxidation sites excluding steroid dienone is 1. The van der Waals surface area contributed by atoms with Crippen LogP contribution in [-0.4, -0.2) is 48.2 Å². The molecule has 1 saturated heterocycles. The van der Waals surface area contributed by atoms with Gasteiger partial charge in [0, 0.05) is 20.1 Å². The van der Waals surface area contributed by atoms with Gasteiger partial charge in [0.15, 0.2) is 0 Å². The normalized spacial score (nSPS) is 24.4. The van der Waals surface area contributed by atoms with Gasteiger partial charge in [-0.1, -0.05) is 6.08 Å². The molecule has 1 heterocycles. The van der Waals surface area contributed by atoms with Gasteiger partial charge in [0.1, 0.15) is 0 Å². The SMILES string of the molecule is C=CCCCCN(C)C(=O)C1C[C@@H](O)CN1. The van der Waals surface area contributed by atoms with E-state index < -0.39 is 0 Å². The third-order valence-corrected chi connectivity index (χ3v) is 2.93. The molecule has 0 aromatic carbocycles. The van der Waals surface area contributed by atoms with Crippen molar-refractivity contribution in [2.24, 2.45) is 0 Å². The van der Waals surface area contributed by atoms with Crippen molar-refractivity contribution in [1.82, 2.24) is 10.2 Å². The predicted molar refractivity (Wildman–Crippen MR) is 64.1 cm³/mol. The molecule has 1 aliphatic rings. The number of nitrogens with one attached hydrogen (secondary N) is 1. The number of β-amino-alcohol motifs (C(OH)–C–C–N with tert-alkyl or cyclic N) is 1. The van der Waals surface area contributed by atoms with Crippen molar-refractivity contribution in [2.75, 3.05) is 20.1 Å². The van der Waals surface area contributed by atoms with Gasteiger partial charge >= 0.3 is 0 Å². The van der Waals surface area contributed by atoms with Crippen LogP contribution in [0.1, 0.15) is 25.7 Å². The van der Waals surface area contributed by atoms with Gasteiger partial charge in [-0.2, -0.15) is 0 Å². The van der Waals surface area contributed by atoms with Crippen molar-refractivity contribution in [3.8, 4) is 0 Å². The smallest absolute Gasteiger partial charge is 0.239 e. The molecule has 1 fully saturated rings.